The topological polar surface area (TPSA) is 49.3 Å². The van der Waals surface area contributed by atoms with Crippen LogP contribution in [0.5, 0.6) is 0 Å². The summed E-state index contributed by atoms with van der Waals surface area (Å²) >= 11 is 5.32. The number of alkyl halides is 1. The summed E-state index contributed by atoms with van der Waals surface area (Å²) < 4.78 is 0. The van der Waals surface area contributed by atoms with Crippen molar-refractivity contribution in [3.05, 3.63) is 0 Å². The second-order valence-corrected chi connectivity index (χ2v) is 3.41. The van der Waals surface area contributed by atoms with Crippen LogP contribution in [0.15, 0.2) is 0 Å². The van der Waals surface area contributed by atoms with E-state index in [0.29, 0.717) is 12.3 Å². The van der Waals surface area contributed by atoms with Crippen molar-refractivity contribution in [3.8, 4) is 0 Å². The summed E-state index contributed by atoms with van der Waals surface area (Å²) in [4.78, 5) is 10.8. The zero-order chi connectivity index (χ0) is 8.91. The first kappa shape index (κ1) is 10.7. The summed E-state index contributed by atoms with van der Waals surface area (Å²) in [6, 6.07) is 0. The summed E-state index contributed by atoms with van der Waals surface area (Å²) in [7, 11) is 0. The van der Waals surface area contributed by atoms with Crippen LogP contribution in [0.2, 0.25) is 0 Å². The number of rotatable bonds is 4. The third kappa shape index (κ3) is 7.62. The molecule has 0 aliphatic carbocycles. The highest BCUT2D eigenvalue weighted by atomic mass is 35.5. The van der Waals surface area contributed by atoms with E-state index in [2.05, 4.69) is 5.32 Å². The van der Waals surface area contributed by atoms with E-state index >= 15 is 0 Å². The summed E-state index contributed by atoms with van der Waals surface area (Å²) in [6.45, 7) is 3.53. The lowest BCUT2D eigenvalue weighted by molar-refractivity contribution is -0.121. The van der Waals surface area contributed by atoms with Crippen molar-refractivity contribution >= 4 is 17.5 Å². The Balaban J connectivity index is 3.46. The Labute approximate surface area is 71.7 Å². The van der Waals surface area contributed by atoms with E-state index < -0.39 is 5.60 Å². The van der Waals surface area contributed by atoms with E-state index in [0.717, 1.165) is 0 Å². The van der Waals surface area contributed by atoms with Gasteiger partial charge in [0, 0.05) is 18.8 Å². The molecule has 0 unspecified atom stereocenters. The minimum Gasteiger partial charge on any atom is -0.389 e. The lowest BCUT2D eigenvalue weighted by Crippen LogP contribution is -2.38. The monoisotopic (exact) mass is 179 g/mol. The van der Waals surface area contributed by atoms with Gasteiger partial charge in [-0.2, -0.15) is 0 Å². The normalized spacial score (nSPS) is 11.3. The molecule has 0 aromatic carbocycles. The quantitative estimate of drug-likeness (QED) is 0.618. The summed E-state index contributed by atoms with van der Waals surface area (Å²) in [6.07, 6.45) is 0.303. The number of hydrogen-bond donors (Lipinski definition) is 2. The minimum atomic E-state index is -0.845. The van der Waals surface area contributed by atoms with E-state index in [1.165, 1.54) is 0 Å². The molecule has 3 nitrogen and oxygen atoms in total. The number of nitrogens with one attached hydrogen (secondary N) is 1. The Morgan fingerprint density at radius 1 is 1.64 bits per heavy atom. The van der Waals surface area contributed by atoms with E-state index in [1.54, 1.807) is 13.8 Å². The van der Waals surface area contributed by atoms with Crippen LogP contribution in [0.25, 0.3) is 0 Å². The fourth-order valence-corrected chi connectivity index (χ4v) is 0.661. The molecule has 0 atom stereocenters. The molecular weight excluding hydrogens is 166 g/mol. The van der Waals surface area contributed by atoms with E-state index in [-0.39, 0.29) is 12.5 Å². The third-order valence-electron chi connectivity index (χ3n) is 1.04. The van der Waals surface area contributed by atoms with E-state index in [9.17, 15) is 9.90 Å². The zero-order valence-electron chi connectivity index (χ0n) is 6.85. The van der Waals surface area contributed by atoms with Gasteiger partial charge in [-0.05, 0) is 13.8 Å². The fourth-order valence-electron chi connectivity index (χ4n) is 0.489. The van der Waals surface area contributed by atoms with Crippen LogP contribution in [0.4, 0.5) is 0 Å². The minimum absolute atomic E-state index is 0.123. The van der Waals surface area contributed by atoms with Crippen molar-refractivity contribution in [1.29, 1.82) is 0 Å². The molecule has 0 aliphatic rings. The lowest BCUT2D eigenvalue weighted by Gasteiger charge is -2.17. The Morgan fingerprint density at radius 2 is 2.18 bits per heavy atom. The Bertz CT molecular complexity index is 131. The molecule has 0 aliphatic heterocycles. The lowest BCUT2D eigenvalue weighted by atomic mass is 10.1. The molecule has 0 aromatic heterocycles. The van der Waals surface area contributed by atoms with Crippen LogP contribution in [0.3, 0.4) is 0 Å². The van der Waals surface area contributed by atoms with Crippen molar-refractivity contribution in [2.45, 2.75) is 25.9 Å². The van der Waals surface area contributed by atoms with Crippen molar-refractivity contribution < 1.29 is 9.90 Å². The largest absolute Gasteiger partial charge is 0.389 e. The molecule has 0 rings (SSSR count). The number of hydrogen-bond acceptors (Lipinski definition) is 2. The van der Waals surface area contributed by atoms with Crippen LogP contribution < -0.4 is 5.32 Å². The van der Waals surface area contributed by atoms with Gasteiger partial charge in [-0.25, -0.2) is 0 Å². The molecule has 66 valence electrons. The maximum atomic E-state index is 10.8. The maximum absolute atomic E-state index is 10.8. The first-order valence-electron chi connectivity index (χ1n) is 3.51. The van der Waals surface area contributed by atoms with Crippen molar-refractivity contribution in [3.63, 3.8) is 0 Å². The van der Waals surface area contributed by atoms with Gasteiger partial charge in [-0.3, -0.25) is 4.79 Å². The zero-order valence-corrected chi connectivity index (χ0v) is 7.61. The van der Waals surface area contributed by atoms with Gasteiger partial charge in [0.1, 0.15) is 0 Å². The number of halogens is 1. The molecule has 0 fully saturated rings. The molecule has 2 N–H and O–H groups in total. The molecule has 0 saturated carbocycles. The highest BCUT2D eigenvalue weighted by Gasteiger charge is 2.12. The van der Waals surface area contributed by atoms with Gasteiger partial charge in [-0.15, -0.1) is 11.6 Å². The Morgan fingerprint density at radius 3 is 2.55 bits per heavy atom. The summed E-state index contributed by atoms with van der Waals surface area (Å²) in [5, 5.41) is 11.7. The smallest absolute Gasteiger partial charge is 0.221 e. The molecule has 0 radical (unpaired) electrons. The average Bonchev–Trinajstić information content (AvgIpc) is 1.83. The van der Waals surface area contributed by atoms with E-state index in [4.69, 9.17) is 11.6 Å². The highest BCUT2D eigenvalue weighted by Crippen LogP contribution is 1.97. The number of aliphatic hydroxyl groups is 1. The van der Waals surface area contributed by atoms with Gasteiger partial charge in [-0.1, -0.05) is 0 Å². The molecule has 0 bridgehead atoms. The molecule has 4 heteroatoms. The second kappa shape index (κ2) is 4.57. The predicted octanol–water partition coefficient (Wildman–Crippen LogP) is 0.502. The van der Waals surface area contributed by atoms with Crippen molar-refractivity contribution in [1.82, 2.24) is 5.32 Å². The van der Waals surface area contributed by atoms with Gasteiger partial charge in [0.15, 0.2) is 0 Å². The first-order valence-corrected chi connectivity index (χ1v) is 4.04. The molecule has 1 amide bonds. The van der Waals surface area contributed by atoms with E-state index in [1.807, 2.05) is 0 Å². The van der Waals surface area contributed by atoms with Gasteiger partial charge >= 0.3 is 0 Å². The summed E-state index contributed by atoms with van der Waals surface area (Å²) in [5.74, 6) is 0.194. The number of carbonyl (C=O) groups excluding carboxylic acids is 1. The molecule has 0 aromatic rings. The SMILES string of the molecule is CC(C)(O)CNC(=O)CCCl. The molecular formula is C7H14ClNO2. The summed E-state index contributed by atoms with van der Waals surface area (Å²) in [5.41, 5.74) is -0.845. The predicted molar refractivity (Wildman–Crippen MR) is 44.6 cm³/mol. The number of amides is 1. The third-order valence-corrected chi connectivity index (χ3v) is 1.23. The standard InChI is InChI=1S/C7H14ClNO2/c1-7(2,11)5-9-6(10)3-4-8/h11H,3-5H2,1-2H3,(H,9,10). The Kier molecular flexibility index (Phi) is 4.45. The van der Waals surface area contributed by atoms with Crippen LogP contribution in [0.1, 0.15) is 20.3 Å². The molecule has 11 heavy (non-hydrogen) atoms. The van der Waals surface area contributed by atoms with Gasteiger partial charge in [0.05, 0.1) is 5.60 Å². The second-order valence-electron chi connectivity index (χ2n) is 3.03. The van der Waals surface area contributed by atoms with Crippen LogP contribution >= 0.6 is 11.6 Å². The average molecular weight is 180 g/mol. The molecule has 0 saturated heterocycles. The Hall–Kier alpha value is -0.280. The van der Waals surface area contributed by atoms with Gasteiger partial charge in [0.2, 0.25) is 5.91 Å². The van der Waals surface area contributed by atoms with Crippen LogP contribution in [-0.4, -0.2) is 29.0 Å². The molecule has 0 heterocycles. The van der Waals surface area contributed by atoms with Gasteiger partial charge < -0.3 is 10.4 Å². The van der Waals surface area contributed by atoms with Crippen LogP contribution in [-0.2, 0) is 4.79 Å². The van der Waals surface area contributed by atoms with Crippen LogP contribution in [0, 0.1) is 0 Å². The van der Waals surface area contributed by atoms with Gasteiger partial charge in [0.25, 0.3) is 0 Å². The maximum Gasteiger partial charge on any atom is 0.221 e. The number of carbonyl (C=O) groups is 1. The highest BCUT2D eigenvalue weighted by molar-refractivity contribution is 6.18. The van der Waals surface area contributed by atoms with Crippen molar-refractivity contribution in [2.24, 2.45) is 0 Å². The molecule has 0 spiro atoms. The fraction of sp³-hybridized carbons (Fsp3) is 0.857. The first-order chi connectivity index (χ1) is 4.95. The van der Waals surface area contributed by atoms with Crippen molar-refractivity contribution in [2.75, 3.05) is 12.4 Å².